The summed E-state index contributed by atoms with van der Waals surface area (Å²) >= 11 is 0. The number of hydrogen-bond donors (Lipinski definition) is 0. The molecular formula is C18H23N3O3S. The summed E-state index contributed by atoms with van der Waals surface area (Å²) in [6.45, 7) is 4.62. The minimum atomic E-state index is -3.91. The van der Waals surface area contributed by atoms with Gasteiger partial charge in [-0.2, -0.15) is 8.42 Å². The Hall–Kier alpha value is -2.15. The molecule has 0 radical (unpaired) electrons. The van der Waals surface area contributed by atoms with Crippen LogP contribution in [0.25, 0.3) is 0 Å². The molecule has 134 valence electrons. The van der Waals surface area contributed by atoms with Gasteiger partial charge in [0.1, 0.15) is 5.70 Å². The molecule has 0 N–H and O–H groups in total. The van der Waals surface area contributed by atoms with Crippen molar-refractivity contribution in [3.8, 4) is 0 Å². The molecule has 1 atom stereocenters. The zero-order valence-electron chi connectivity index (χ0n) is 14.8. The SMILES string of the molecule is Cc1ccc(C2=NS(=O)(=O)N(C)C(C(=O)N3CCCC[C@@H]3C)=C2)cc1. The van der Waals surface area contributed by atoms with Crippen LogP contribution >= 0.6 is 0 Å². The molecule has 0 aromatic heterocycles. The highest BCUT2D eigenvalue weighted by Crippen LogP contribution is 2.25. The lowest BCUT2D eigenvalue weighted by atomic mass is 10.0. The number of allylic oxidation sites excluding steroid dienone is 1. The van der Waals surface area contributed by atoms with Crippen LogP contribution in [-0.4, -0.2) is 48.9 Å². The standard InChI is InChI=1S/C18H23N3O3S/c1-13-7-9-15(10-8-13)16-12-17(20(3)25(23,24)19-16)18(22)21-11-5-4-6-14(21)2/h7-10,12,14H,4-6,11H2,1-3H3/t14-/m0/s1. The summed E-state index contributed by atoms with van der Waals surface area (Å²) in [4.78, 5) is 14.8. The van der Waals surface area contributed by atoms with Crippen molar-refractivity contribution in [2.75, 3.05) is 13.6 Å². The first-order valence-corrected chi connectivity index (χ1v) is 9.88. The van der Waals surface area contributed by atoms with Gasteiger partial charge in [-0.05, 0) is 39.2 Å². The summed E-state index contributed by atoms with van der Waals surface area (Å²) in [6.07, 6.45) is 4.55. The average molecular weight is 361 g/mol. The van der Waals surface area contributed by atoms with Crippen LogP contribution in [0.4, 0.5) is 0 Å². The molecule has 1 aromatic rings. The Morgan fingerprint density at radius 2 is 1.88 bits per heavy atom. The Balaban J connectivity index is 2.00. The molecule has 1 fully saturated rings. The molecule has 0 aliphatic carbocycles. The number of hydrogen-bond acceptors (Lipinski definition) is 3. The third kappa shape index (κ3) is 3.46. The molecule has 7 heteroatoms. The molecule has 1 aromatic carbocycles. The first-order chi connectivity index (χ1) is 11.8. The molecule has 3 rings (SSSR count). The minimum Gasteiger partial charge on any atom is -0.335 e. The Bertz CT molecular complexity index is 841. The zero-order chi connectivity index (χ0) is 18.2. The van der Waals surface area contributed by atoms with Crippen molar-refractivity contribution in [1.82, 2.24) is 9.21 Å². The van der Waals surface area contributed by atoms with Crippen molar-refractivity contribution in [1.29, 1.82) is 0 Å². The Labute approximate surface area is 149 Å². The van der Waals surface area contributed by atoms with Gasteiger partial charge < -0.3 is 4.90 Å². The number of nitrogens with zero attached hydrogens (tertiary/aromatic N) is 3. The van der Waals surface area contributed by atoms with E-state index in [1.165, 1.54) is 7.05 Å². The van der Waals surface area contributed by atoms with Crippen molar-refractivity contribution in [2.24, 2.45) is 4.40 Å². The van der Waals surface area contributed by atoms with Gasteiger partial charge in [0.15, 0.2) is 0 Å². The fourth-order valence-electron chi connectivity index (χ4n) is 3.16. The van der Waals surface area contributed by atoms with E-state index in [1.54, 1.807) is 11.0 Å². The maximum atomic E-state index is 13.0. The fourth-order valence-corrected chi connectivity index (χ4v) is 4.07. The molecule has 0 spiro atoms. The number of carbonyl (C=O) groups is 1. The van der Waals surface area contributed by atoms with E-state index in [4.69, 9.17) is 0 Å². The number of amides is 1. The van der Waals surface area contributed by atoms with Crippen LogP contribution in [0, 0.1) is 6.92 Å². The van der Waals surface area contributed by atoms with Gasteiger partial charge >= 0.3 is 10.2 Å². The number of carbonyl (C=O) groups excluding carboxylic acids is 1. The smallest absolute Gasteiger partial charge is 0.335 e. The van der Waals surface area contributed by atoms with Crippen LogP contribution in [0.1, 0.15) is 37.3 Å². The number of piperidine rings is 1. The Morgan fingerprint density at radius 1 is 1.20 bits per heavy atom. The van der Waals surface area contributed by atoms with Crippen LogP contribution < -0.4 is 0 Å². The van der Waals surface area contributed by atoms with Crippen molar-refractivity contribution in [2.45, 2.75) is 39.2 Å². The first-order valence-electron chi connectivity index (χ1n) is 8.48. The molecule has 0 bridgehead atoms. The maximum Gasteiger partial charge on any atom is 0.345 e. The Kier molecular flexibility index (Phi) is 4.69. The van der Waals surface area contributed by atoms with E-state index >= 15 is 0 Å². The van der Waals surface area contributed by atoms with Gasteiger partial charge in [-0.15, -0.1) is 4.40 Å². The largest absolute Gasteiger partial charge is 0.345 e. The number of rotatable bonds is 2. The van der Waals surface area contributed by atoms with Crippen LogP contribution in [0.15, 0.2) is 40.4 Å². The summed E-state index contributed by atoms with van der Waals surface area (Å²) in [5.74, 6) is -0.252. The molecule has 1 saturated heterocycles. The first kappa shape index (κ1) is 17.7. The van der Waals surface area contributed by atoms with E-state index in [-0.39, 0.29) is 17.6 Å². The predicted molar refractivity (Wildman–Crippen MR) is 97.5 cm³/mol. The van der Waals surface area contributed by atoms with Crippen molar-refractivity contribution in [3.63, 3.8) is 0 Å². The maximum absolute atomic E-state index is 13.0. The minimum absolute atomic E-state index is 0.111. The van der Waals surface area contributed by atoms with Crippen molar-refractivity contribution in [3.05, 3.63) is 47.2 Å². The third-order valence-electron chi connectivity index (χ3n) is 4.80. The number of aryl methyl sites for hydroxylation is 1. The summed E-state index contributed by atoms with van der Waals surface area (Å²) in [6, 6.07) is 7.53. The van der Waals surface area contributed by atoms with Gasteiger partial charge in [-0.25, -0.2) is 4.31 Å². The average Bonchev–Trinajstić information content (AvgIpc) is 2.57. The van der Waals surface area contributed by atoms with Crippen molar-refractivity contribution >= 4 is 21.8 Å². The lowest BCUT2D eigenvalue weighted by Gasteiger charge is -2.36. The quantitative estimate of drug-likeness (QED) is 0.811. The van der Waals surface area contributed by atoms with E-state index in [2.05, 4.69) is 4.40 Å². The van der Waals surface area contributed by atoms with Gasteiger partial charge in [-0.1, -0.05) is 29.8 Å². The molecule has 2 aliphatic heterocycles. The molecule has 25 heavy (non-hydrogen) atoms. The Morgan fingerprint density at radius 3 is 2.52 bits per heavy atom. The van der Waals surface area contributed by atoms with Gasteiger partial charge in [0.25, 0.3) is 5.91 Å². The lowest BCUT2D eigenvalue weighted by molar-refractivity contribution is -0.131. The summed E-state index contributed by atoms with van der Waals surface area (Å²) in [7, 11) is -2.54. The normalized spacial score (nSPS) is 23.1. The number of benzene rings is 1. The summed E-state index contributed by atoms with van der Waals surface area (Å²) < 4.78 is 29.7. The summed E-state index contributed by atoms with van der Waals surface area (Å²) in [5, 5.41) is 0. The third-order valence-corrected chi connectivity index (χ3v) is 6.12. The van der Waals surface area contributed by atoms with Crippen LogP contribution in [0.3, 0.4) is 0 Å². The van der Waals surface area contributed by atoms with E-state index in [0.717, 1.165) is 29.1 Å². The number of likely N-dealkylation sites (tertiary alicyclic amines) is 1. The molecule has 2 aliphatic rings. The summed E-state index contributed by atoms with van der Waals surface area (Å²) in [5.41, 5.74) is 2.20. The second-order valence-electron chi connectivity index (χ2n) is 6.66. The molecular weight excluding hydrogens is 338 g/mol. The highest BCUT2D eigenvalue weighted by Gasteiger charge is 2.34. The van der Waals surface area contributed by atoms with Gasteiger partial charge in [0, 0.05) is 25.2 Å². The van der Waals surface area contributed by atoms with E-state index in [0.29, 0.717) is 17.8 Å². The zero-order valence-corrected chi connectivity index (χ0v) is 15.6. The molecule has 2 heterocycles. The number of likely N-dealkylation sites (N-methyl/N-ethyl adjacent to an activating group) is 1. The van der Waals surface area contributed by atoms with E-state index in [9.17, 15) is 13.2 Å². The molecule has 1 amide bonds. The van der Waals surface area contributed by atoms with Crippen LogP contribution in [0.5, 0.6) is 0 Å². The lowest BCUT2D eigenvalue weighted by Crippen LogP contribution is -2.46. The van der Waals surface area contributed by atoms with E-state index in [1.807, 2.05) is 38.1 Å². The molecule has 0 unspecified atom stereocenters. The van der Waals surface area contributed by atoms with Crippen molar-refractivity contribution < 1.29 is 13.2 Å². The fraction of sp³-hybridized carbons (Fsp3) is 0.444. The second kappa shape index (κ2) is 6.63. The second-order valence-corrected chi connectivity index (χ2v) is 8.29. The molecule has 6 nitrogen and oxygen atoms in total. The van der Waals surface area contributed by atoms with Gasteiger partial charge in [0.2, 0.25) is 0 Å². The highest BCUT2D eigenvalue weighted by atomic mass is 32.2. The van der Waals surface area contributed by atoms with Gasteiger partial charge in [0.05, 0.1) is 5.71 Å². The topological polar surface area (TPSA) is 70.0 Å². The van der Waals surface area contributed by atoms with Crippen LogP contribution in [0.2, 0.25) is 0 Å². The van der Waals surface area contributed by atoms with Gasteiger partial charge in [-0.3, -0.25) is 4.79 Å². The highest BCUT2D eigenvalue weighted by molar-refractivity contribution is 7.88. The van der Waals surface area contributed by atoms with E-state index < -0.39 is 10.2 Å². The van der Waals surface area contributed by atoms with Crippen LogP contribution in [-0.2, 0) is 15.0 Å². The predicted octanol–water partition coefficient (Wildman–Crippen LogP) is 2.26. The molecule has 0 saturated carbocycles. The monoisotopic (exact) mass is 361 g/mol.